The fraction of sp³-hybridized carbons (Fsp3) is 0.0769. The molecule has 0 aliphatic heterocycles. The van der Waals surface area contributed by atoms with Crippen molar-refractivity contribution in [1.29, 1.82) is 0 Å². The molecular weight excluding hydrogens is 291 g/mol. The van der Waals surface area contributed by atoms with Crippen molar-refractivity contribution in [3.05, 3.63) is 59.4 Å². The maximum atomic E-state index is 13.5. The average Bonchev–Trinajstić information content (AvgIpc) is 2.34. The van der Waals surface area contributed by atoms with Crippen LogP contribution < -0.4 is 4.72 Å². The predicted molar refractivity (Wildman–Crippen MR) is 68.3 cm³/mol. The summed E-state index contributed by atoms with van der Waals surface area (Å²) in [6.07, 6.45) is 0. The van der Waals surface area contributed by atoms with Crippen LogP contribution in [0.5, 0.6) is 0 Å². The molecule has 2 rings (SSSR count). The van der Waals surface area contributed by atoms with Gasteiger partial charge in [-0.3, -0.25) is 4.72 Å². The summed E-state index contributed by atoms with van der Waals surface area (Å²) in [5.74, 6) is -3.77. The fourth-order valence-electron chi connectivity index (χ4n) is 1.69. The van der Waals surface area contributed by atoms with Gasteiger partial charge in [0.2, 0.25) is 0 Å². The first-order valence-corrected chi connectivity index (χ1v) is 7.02. The number of nitrogens with one attached hydrogen (secondary N) is 1. The Morgan fingerprint density at radius 1 is 1.00 bits per heavy atom. The summed E-state index contributed by atoms with van der Waals surface area (Å²) in [4.78, 5) is -0.108. The van der Waals surface area contributed by atoms with E-state index in [9.17, 15) is 21.6 Å². The molecule has 0 aliphatic rings. The number of rotatable bonds is 3. The fourth-order valence-corrected chi connectivity index (χ4v) is 3.01. The molecule has 0 spiro atoms. The first-order chi connectivity index (χ1) is 9.31. The lowest BCUT2D eigenvalue weighted by Gasteiger charge is -2.11. The molecule has 0 heterocycles. The van der Waals surface area contributed by atoms with Crippen LogP contribution >= 0.6 is 0 Å². The van der Waals surface area contributed by atoms with E-state index in [0.29, 0.717) is 17.7 Å². The molecule has 0 unspecified atom stereocenters. The van der Waals surface area contributed by atoms with Crippen LogP contribution in [-0.4, -0.2) is 8.42 Å². The molecule has 0 amide bonds. The Morgan fingerprint density at radius 3 is 2.10 bits per heavy atom. The van der Waals surface area contributed by atoms with Crippen molar-refractivity contribution in [3.8, 4) is 0 Å². The number of aryl methyl sites for hydroxylation is 1. The SMILES string of the molecule is Cc1ccccc1S(=O)(=O)Nc1c(F)cc(F)cc1F. The molecule has 0 atom stereocenters. The molecule has 3 nitrogen and oxygen atoms in total. The number of benzene rings is 2. The topological polar surface area (TPSA) is 46.2 Å². The minimum absolute atomic E-state index is 0.108. The van der Waals surface area contributed by atoms with Gasteiger partial charge in [0.05, 0.1) is 4.90 Å². The average molecular weight is 301 g/mol. The maximum Gasteiger partial charge on any atom is 0.262 e. The van der Waals surface area contributed by atoms with E-state index in [2.05, 4.69) is 0 Å². The van der Waals surface area contributed by atoms with Gasteiger partial charge < -0.3 is 0 Å². The molecule has 7 heteroatoms. The zero-order valence-corrected chi connectivity index (χ0v) is 11.1. The summed E-state index contributed by atoms with van der Waals surface area (Å²) in [5, 5.41) is 0. The molecule has 0 saturated heterocycles. The zero-order chi connectivity index (χ0) is 14.9. The van der Waals surface area contributed by atoms with E-state index in [1.54, 1.807) is 23.8 Å². The Kier molecular flexibility index (Phi) is 3.71. The highest BCUT2D eigenvalue weighted by atomic mass is 32.2. The van der Waals surface area contributed by atoms with Gasteiger partial charge in [0, 0.05) is 12.1 Å². The number of hydrogen-bond donors (Lipinski definition) is 1. The van der Waals surface area contributed by atoms with Crippen molar-refractivity contribution < 1.29 is 21.6 Å². The highest BCUT2D eigenvalue weighted by molar-refractivity contribution is 7.92. The quantitative estimate of drug-likeness (QED) is 0.946. The maximum absolute atomic E-state index is 13.5. The van der Waals surface area contributed by atoms with Crippen LogP contribution in [0.15, 0.2) is 41.3 Å². The third-order valence-corrected chi connectivity index (χ3v) is 4.14. The Bertz CT molecular complexity index is 737. The largest absolute Gasteiger partial charge is 0.274 e. The van der Waals surface area contributed by atoms with Gasteiger partial charge in [-0.05, 0) is 18.6 Å². The molecule has 1 N–H and O–H groups in total. The van der Waals surface area contributed by atoms with Gasteiger partial charge in [0.15, 0.2) is 11.6 Å². The molecule has 2 aromatic carbocycles. The van der Waals surface area contributed by atoms with Crippen molar-refractivity contribution in [3.63, 3.8) is 0 Å². The highest BCUT2D eigenvalue weighted by Gasteiger charge is 2.21. The lowest BCUT2D eigenvalue weighted by molar-refractivity contribution is 0.547. The molecule has 0 fully saturated rings. The molecule has 0 aliphatic carbocycles. The van der Waals surface area contributed by atoms with E-state index in [1.165, 1.54) is 12.1 Å². The van der Waals surface area contributed by atoms with E-state index in [0.717, 1.165) is 0 Å². The van der Waals surface area contributed by atoms with Gasteiger partial charge in [0.1, 0.15) is 11.5 Å². The molecule has 106 valence electrons. The lowest BCUT2D eigenvalue weighted by Crippen LogP contribution is -2.16. The van der Waals surface area contributed by atoms with Crippen LogP contribution in [-0.2, 0) is 10.0 Å². The number of sulfonamides is 1. The second-order valence-electron chi connectivity index (χ2n) is 4.12. The van der Waals surface area contributed by atoms with Gasteiger partial charge >= 0.3 is 0 Å². The van der Waals surface area contributed by atoms with Crippen LogP contribution in [0.2, 0.25) is 0 Å². The molecule has 0 saturated carbocycles. The lowest BCUT2D eigenvalue weighted by atomic mass is 10.2. The molecule has 2 aromatic rings. The van der Waals surface area contributed by atoms with Gasteiger partial charge in [-0.25, -0.2) is 21.6 Å². The number of hydrogen-bond acceptors (Lipinski definition) is 2. The number of halogens is 3. The van der Waals surface area contributed by atoms with Crippen LogP contribution in [0, 0.1) is 24.4 Å². The van der Waals surface area contributed by atoms with Crippen molar-refractivity contribution >= 4 is 15.7 Å². The predicted octanol–water partition coefficient (Wildman–Crippen LogP) is 3.21. The van der Waals surface area contributed by atoms with Crippen LogP contribution in [0.3, 0.4) is 0 Å². The van der Waals surface area contributed by atoms with Crippen molar-refractivity contribution in [2.75, 3.05) is 4.72 Å². The van der Waals surface area contributed by atoms with E-state index in [1.807, 2.05) is 0 Å². The minimum Gasteiger partial charge on any atom is -0.274 e. The van der Waals surface area contributed by atoms with Crippen LogP contribution in [0.4, 0.5) is 18.9 Å². The molecule has 20 heavy (non-hydrogen) atoms. The smallest absolute Gasteiger partial charge is 0.262 e. The Hall–Kier alpha value is -2.02. The third kappa shape index (κ3) is 2.77. The summed E-state index contributed by atoms with van der Waals surface area (Å²) in [5.41, 5.74) is -0.488. The van der Waals surface area contributed by atoms with Crippen LogP contribution in [0.25, 0.3) is 0 Å². The number of anilines is 1. The monoisotopic (exact) mass is 301 g/mol. The first-order valence-electron chi connectivity index (χ1n) is 5.54. The summed E-state index contributed by atoms with van der Waals surface area (Å²) in [6, 6.07) is 6.77. The van der Waals surface area contributed by atoms with Crippen molar-refractivity contribution in [2.45, 2.75) is 11.8 Å². The first kappa shape index (κ1) is 14.4. The zero-order valence-electron chi connectivity index (χ0n) is 10.3. The summed E-state index contributed by atoms with van der Waals surface area (Å²) < 4.78 is 65.6. The Balaban J connectivity index is 2.47. The Morgan fingerprint density at radius 2 is 1.55 bits per heavy atom. The highest BCUT2D eigenvalue weighted by Crippen LogP contribution is 2.24. The van der Waals surface area contributed by atoms with Crippen LogP contribution in [0.1, 0.15) is 5.56 Å². The van der Waals surface area contributed by atoms with E-state index in [-0.39, 0.29) is 4.90 Å². The van der Waals surface area contributed by atoms with Gasteiger partial charge in [0.25, 0.3) is 10.0 Å². The second-order valence-corrected chi connectivity index (χ2v) is 5.77. The second kappa shape index (κ2) is 5.16. The van der Waals surface area contributed by atoms with Gasteiger partial charge in [-0.1, -0.05) is 18.2 Å². The molecule has 0 bridgehead atoms. The van der Waals surface area contributed by atoms with Crippen molar-refractivity contribution in [2.24, 2.45) is 0 Å². The van der Waals surface area contributed by atoms with Gasteiger partial charge in [-0.15, -0.1) is 0 Å². The molecule has 0 radical (unpaired) electrons. The van der Waals surface area contributed by atoms with E-state index < -0.39 is 33.2 Å². The standard InChI is InChI=1S/C13H10F3NO2S/c1-8-4-2-3-5-12(8)20(18,19)17-13-10(15)6-9(14)7-11(13)16/h2-7,17H,1H3. The van der Waals surface area contributed by atoms with Gasteiger partial charge in [-0.2, -0.15) is 0 Å². The summed E-state index contributed by atoms with van der Waals surface area (Å²) in [6.45, 7) is 1.55. The molecule has 0 aromatic heterocycles. The summed E-state index contributed by atoms with van der Waals surface area (Å²) >= 11 is 0. The van der Waals surface area contributed by atoms with E-state index in [4.69, 9.17) is 0 Å². The third-order valence-electron chi connectivity index (χ3n) is 2.63. The van der Waals surface area contributed by atoms with E-state index >= 15 is 0 Å². The van der Waals surface area contributed by atoms with Crippen molar-refractivity contribution in [1.82, 2.24) is 0 Å². The normalized spacial score (nSPS) is 11.4. The summed E-state index contributed by atoms with van der Waals surface area (Å²) in [7, 11) is -4.15. The minimum atomic E-state index is -4.15. The Labute approximate surface area is 114 Å². The molecular formula is C13H10F3NO2S.